The maximum atomic E-state index is 4.72. The molecule has 2 heterocycles. The molecule has 0 aliphatic heterocycles. The summed E-state index contributed by atoms with van der Waals surface area (Å²) in [4.78, 5) is 0. The number of aromatic nitrogens is 4. The van der Waals surface area contributed by atoms with Crippen LogP contribution in [0.5, 0.6) is 0 Å². The molecule has 20 heavy (non-hydrogen) atoms. The van der Waals surface area contributed by atoms with Gasteiger partial charge in [-0.15, -0.1) is 0 Å². The van der Waals surface area contributed by atoms with Crippen LogP contribution in [0.1, 0.15) is 62.2 Å². The molecule has 0 N–H and O–H groups in total. The van der Waals surface area contributed by atoms with Crippen molar-refractivity contribution >= 4 is 0 Å². The van der Waals surface area contributed by atoms with Crippen LogP contribution in [0.15, 0.2) is 18.3 Å². The Morgan fingerprint density at radius 1 is 1.35 bits per heavy atom. The van der Waals surface area contributed by atoms with Crippen molar-refractivity contribution in [2.75, 3.05) is 0 Å². The number of hydrogen-bond acceptors (Lipinski definition) is 2. The van der Waals surface area contributed by atoms with Crippen LogP contribution in [-0.2, 0) is 19.9 Å². The van der Waals surface area contributed by atoms with Gasteiger partial charge in [-0.3, -0.25) is 9.36 Å². The molecule has 1 saturated carbocycles. The average molecular weight is 272 g/mol. The molecule has 1 aliphatic rings. The molecule has 4 heteroatoms. The summed E-state index contributed by atoms with van der Waals surface area (Å²) in [6.45, 7) is 4.43. The molecule has 0 bridgehead atoms. The first-order chi connectivity index (χ1) is 9.67. The number of nitrogens with zero attached hydrogens (tertiary/aromatic N) is 4. The van der Waals surface area contributed by atoms with Crippen molar-refractivity contribution < 1.29 is 0 Å². The molecule has 1 atom stereocenters. The van der Waals surface area contributed by atoms with Crippen LogP contribution in [0.3, 0.4) is 0 Å². The van der Waals surface area contributed by atoms with E-state index in [-0.39, 0.29) is 0 Å². The van der Waals surface area contributed by atoms with Crippen molar-refractivity contribution in [2.24, 2.45) is 7.05 Å². The molecule has 1 fully saturated rings. The van der Waals surface area contributed by atoms with E-state index in [2.05, 4.69) is 42.0 Å². The zero-order valence-corrected chi connectivity index (χ0v) is 12.7. The Bertz CT molecular complexity index is 577. The molecule has 3 rings (SSSR count). The van der Waals surface area contributed by atoms with Gasteiger partial charge in [0.15, 0.2) is 0 Å². The van der Waals surface area contributed by atoms with Crippen molar-refractivity contribution in [3.8, 4) is 0 Å². The molecule has 1 aliphatic carbocycles. The molecule has 0 aromatic carbocycles. The van der Waals surface area contributed by atoms with Crippen LogP contribution in [0.25, 0.3) is 0 Å². The smallest absolute Gasteiger partial charge is 0.0652 e. The van der Waals surface area contributed by atoms with Crippen LogP contribution in [0, 0.1) is 0 Å². The maximum Gasteiger partial charge on any atom is 0.0652 e. The molecule has 1 unspecified atom stereocenters. The first-order valence-corrected chi connectivity index (χ1v) is 7.74. The quantitative estimate of drug-likeness (QED) is 0.809. The second-order valence-corrected chi connectivity index (χ2v) is 6.00. The summed E-state index contributed by atoms with van der Waals surface area (Å²) in [6, 6.07) is 5.10. The van der Waals surface area contributed by atoms with Gasteiger partial charge in [0.2, 0.25) is 0 Å². The lowest BCUT2D eigenvalue weighted by Crippen LogP contribution is -2.03. The van der Waals surface area contributed by atoms with E-state index in [1.54, 1.807) is 0 Å². The third-order valence-corrected chi connectivity index (χ3v) is 4.28. The topological polar surface area (TPSA) is 35.6 Å². The zero-order valence-electron chi connectivity index (χ0n) is 12.7. The fourth-order valence-corrected chi connectivity index (χ4v) is 2.65. The van der Waals surface area contributed by atoms with E-state index in [9.17, 15) is 0 Å². The zero-order chi connectivity index (χ0) is 14.1. The van der Waals surface area contributed by atoms with Crippen molar-refractivity contribution in [3.63, 3.8) is 0 Å². The highest BCUT2D eigenvalue weighted by atomic mass is 15.3. The Morgan fingerprint density at radius 3 is 2.80 bits per heavy atom. The Hall–Kier alpha value is -1.58. The largest absolute Gasteiger partial charge is 0.272 e. The average Bonchev–Trinajstić information content (AvgIpc) is 3.06. The Balaban J connectivity index is 1.60. The van der Waals surface area contributed by atoms with Gasteiger partial charge in [0, 0.05) is 24.9 Å². The van der Waals surface area contributed by atoms with E-state index in [1.165, 1.54) is 29.9 Å². The highest BCUT2D eigenvalue weighted by Crippen LogP contribution is 2.34. The van der Waals surface area contributed by atoms with Crippen molar-refractivity contribution in [3.05, 3.63) is 35.4 Å². The van der Waals surface area contributed by atoms with Gasteiger partial charge in [0.1, 0.15) is 0 Å². The van der Waals surface area contributed by atoms with Crippen LogP contribution in [0.2, 0.25) is 0 Å². The van der Waals surface area contributed by atoms with Gasteiger partial charge in [-0.1, -0.05) is 13.8 Å². The van der Waals surface area contributed by atoms with E-state index in [4.69, 9.17) is 5.10 Å². The van der Waals surface area contributed by atoms with E-state index >= 15 is 0 Å². The second kappa shape index (κ2) is 5.43. The van der Waals surface area contributed by atoms with Crippen LogP contribution in [0.4, 0.5) is 0 Å². The predicted molar refractivity (Wildman–Crippen MR) is 79.8 cm³/mol. The maximum absolute atomic E-state index is 4.72. The Morgan fingerprint density at radius 2 is 2.15 bits per heavy atom. The van der Waals surface area contributed by atoms with Gasteiger partial charge in [0.05, 0.1) is 17.4 Å². The van der Waals surface area contributed by atoms with E-state index in [0.29, 0.717) is 12.0 Å². The highest BCUT2D eigenvalue weighted by molar-refractivity contribution is 5.12. The number of rotatable bonds is 6. The summed E-state index contributed by atoms with van der Waals surface area (Å²) >= 11 is 0. The van der Waals surface area contributed by atoms with Gasteiger partial charge in [-0.05, 0) is 44.2 Å². The molecule has 4 nitrogen and oxygen atoms in total. The molecular weight excluding hydrogens is 248 g/mol. The fourth-order valence-electron chi connectivity index (χ4n) is 2.65. The first kappa shape index (κ1) is 13.4. The molecule has 0 spiro atoms. The normalized spacial score (nSPS) is 16.6. The van der Waals surface area contributed by atoms with Crippen molar-refractivity contribution in [1.82, 2.24) is 19.6 Å². The second-order valence-electron chi connectivity index (χ2n) is 6.00. The van der Waals surface area contributed by atoms with Gasteiger partial charge in [0.25, 0.3) is 0 Å². The Kier molecular flexibility index (Phi) is 3.64. The minimum absolute atomic E-state index is 0.509. The van der Waals surface area contributed by atoms with Gasteiger partial charge in [-0.2, -0.15) is 10.2 Å². The highest BCUT2D eigenvalue weighted by Gasteiger charge is 2.24. The summed E-state index contributed by atoms with van der Waals surface area (Å²) in [6.07, 6.45) is 7.94. The summed E-state index contributed by atoms with van der Waals surface area (Å²) in [7, 11) is 2.04. The van der Waals surface area contributed by atoms with Crippen LogP contribution >= 0.6 is 0 Å². The minimum atomic E-state index is 0.509. The summed E-state index contributed by atoms with van der Waals surface area (Å²) in [5, 5.41) is 9.23. The van der Waals surface area contributed by atoms with Crippen molar-refractivity contribution in [2.45, 2.75) is 57.9 Å². The molecule has 2 aromatic rings. The first-order valence-electron chi connectivity index (χ1n) is 7.74. The fraction of sp³-hybridized carbons (Fsp3) is 0.625. The lowest BCUT2D eigenvalue weighted by molar-refractivity contribution is 0.583. The number of aryl methyl sites for hydroxylation is 3. The number of hydrogen-bond donors (Lipinski definition) is 0. The molecule has 0 radical (unpaired) electrons. The summed E-state index contributed by atoms with van der Waals surface area (Å²) in [5.41, 5.74) is 3.75. The standard InChI is InChI=1S/C16H24N4/c1-4-13-11-15(19(3)17-13)6-5-12(2)16-9-10-20(18-16)14-7-8-14/h9-12,14H,4-8H2,1-3H3. The van der Waals surface area contributed by atoms with E-state index < -0.39 is 0 Å². The van der Waals surface area contributed by atoms with Gasteiger partial charge >= 0.3 is 0 Å². The molecule has 108 valence electrons. The SMILES string of the molecule is CCc1cc(CCC(C)c2ccn(C3CC3)n2)n(C)n1. The minimum Gasteiger partial charge on any atom is -0.272 e. The van der Waals surface area contributed by atoms with E-state index in [1.807, 2.05) is 11.7 Å². The Labute approximate surface area is 120 Å². The summed E-state index contributed by atoms with van der Waals surface area (Å²) in [5.74, 6) is 0.509. The van der Waals surface area contributed by atoms with Gasteiger partial charge in [-0.25, -0.2) is 0 Å². The third-order valence-electron chi connectivity index (χ3n) is 4.28. The molecule has 2 aromatic heterocycles. The lowest BCUT2D eigenvalue weighted by Gasteiger charge is -2.08. The third kappa shape index (κ3) is 2.79. The molecule has 0 amide bonds. The summed E-state index contributed by atoms with van der Waals surface area (Å²) < 4.78 is 4.17. The van der Waals surface area contributed by atoms with Gasteiger partial charge < -0.3 is 0 Å². The van der Waals surface area contributed by atoms with Crippen LogP contribution in [-0.4, -0.2) is 19.6 Å². The van der Waals surface area contributed by atoms with Crippen molar-refractivity contribution in [1.29, 1.82) is 0 Å². The van der Waals surface area contributed by atoms with E-state index in [0.717, 1.165) is 19.3 Å². The monoisotopic (exact) mass is 272 g/mol. The lowest BCUT2D eigenvalue weighted by atomic mass is 10.0. The van der Waals surface area contributed by atoms with Crippen LogP contribution < -0.4 is 0 Å². The molecular formula is C16H24N4. The predicted octanol–water partition coefficient (Wildman–Crippen LogP) is 3.25. The molecule has 0 saturated heterocycles.